The number of anilines is 1. The predicted molar refractivity (Wildman–Crippen MR) is 60.2 cm³/mol. The summed E-state index contributed by atoms with van der Waals surface area (Å²) in [6.45, 7) is 1.01. The topological polar surface area (TPSA) is 40.6 Å². The molecular weight excluding hydrogens is 250 g/mol. The highest BCUT2D eigenvalue weighted by Gasteiger charge is 2.26. The average Bonchev–Trinajstić information content (AvgIpc) is 2.29. The third-order valence-corrected chi connectivity index (χ3v) is 3.72. The summed E-state index contributed by atoms with van der Waals surface area (Å²) in [7, 11) is -4.59. The van der Waals surface area contributed by atoms with Crippen LogP contribution in [-0.4, -0.2) is 38.9 Å². The van der Waals surface area contributed by atoms with E-state index in [0.29, 0.717) is 13.1 Å². The minimum atomic E-state index is -4.59. The standard InChI is InChI=1S/C10H12F2N2O2S/c11-9-1-3-10(4-2-9)13-5-7-14(8-6-13)17(12,15)16/h1-4H,5-8H2. The van der Waals surface area contributed by atoms with Crippen LogP contribution in [0.4, 0.5) is 14.0 Å². The second-order valence-electron chi connectivity index (χ2n) is 3.80. The van der Waals surface area contributed by atoms with E-state index in [1.165, 1.54) is 12.1 Å². The maximum atomic E-state index is 12.7. The lowest BCUT2D eigenvalue weighted by Crippen LogP contribution is -2.47. The molecule has 0 radical (unpaired) electrons. The first-order chi connectivity index (χ1) is 7.97. The van der Waals surface area contributed by atoms with Crippen molar-refractivity contribution in [3.05, 3.63) is 30.1 Å². The van der Waals surface area contributed by atoms with Gasteiger partial charge in [-0.15, -0.1) is 0 Å². The molecule has 0 unspecified atom stereocenters. The lowest BCUT2D eigenvalue weighted by molar-refractivity contribution is 0.363. The van der Waals surface area contributed by atoms with Crippen LogP contribution < -0.4 is 4.90 Å². The van der Waals surface area contributed by atoms with E-state index >= 15 is 0 Å². The zero-order chi connectivity index (χ0) is 12.5. The molecule has 2 rings (SSSR count). The highest BCUT2D eigenvalue weighted by Crippen LogP contribution is 2.18. The zero-order valence-electron chi connectivity index (χ0n) is 9.01. The highest BCUT2D eigenvalue weighted by atomic mass is 32.3. The van der Waals surface area contributed by atoms with E-state index in [4.69, 9.17) is 0 Å². The number of benzene rings is 1. The Morgan fingerprint density at radius 3 is 2.00 bits per heavy atom. The SMILES string of the molecule is O=S(=O)(F)N1CCN(c2ccc(F)cc2)CC1. The van der Waals surface area contributed by atoms with Gasteiger partial charge >= 0.3 is 10.4 Å². The molecule has 1 aromatic carbocycles. The van der Waals surface area contributed by atoms with Crippen LogP contribution in [-0.2, 0) is 10.4 Å². The fourth-order valence-corrected chi connectivity index (χ4v) is 2.42. The molecule has 1 aliphatic rings. The van der Waals surface area contributed by atoms with Crippen LogP contribution in [0.3, 0.4) is 0 Å². The van der Waals surface area contributed by atoms with E-state index in [-0.39, 0.29) is 18.9 Å². The zero-order valence-corrected chi connectivity index (χ0v) is 9.83. The summed E-state index contributed by atoms with van der Waals surface area (Å²) in [4.78, 5) is 1.89. The maximum Gasteiger partial charge on any atom is 0.374 e. The van der Waals surface area contributed by atoms with Gasteiger partial charge in [0.15, 0.2) is 0 Å². The molecule has 17 heavy (non-hydrogen) atoms. The van der Waals surface area contributed by atoms with Crippen molar-refractivity contribution in [1.82, 2.24) is 4.31 Å². The van der Waals surface area contributed by atoms with E-state index < -0.39 is 10.4 Å². The molecule has 0 N–H and O–H groups in total. The molecule has 0 bridgehead atoms. The second kappa shape index (κ2) is 4.58. The maximum absolute atomic E-state index is 12.7. The molecule has 0 spiro atoms. The number of rotatable bonds is 2. The van der Waals surface area contributed by atoms with Gasteiger partial charge in [-0.3, -0.25) is 0 Å². The van der Waals surface area contributed by atoms with Crippen molar-refractivity contribution in [2.24, 2.45) is 0 Å². The third-order valence-electron chi connectivity index (χ3n) is 2.74. The molecule has 0 aliphatic carbocycles. The Morgan fingerprint density at radius 2 is 1.53 bits per heavy atom. The van der Waals surface area contributed by atoms with Crippen molar-refractivity contribution in [2.75, 3.05) is 31.1 Å². The van der Waals surface area contributed by atoms with Crippen molar-refractivity contribution < 1.29 is 16.7 Å². The molecule has 1 aromatic rings. The van der Waals surface area contributed by atoms with Gasteiger partial charge in [-0.05, 0) is 24.3 Å². The van der Waals surface area contributed by atoms with Crippen LogP contribution in [0, 0.1) is 5.82 Å². The normalized spacial score (nSPS) is 18.4. The van der Waals surface area contributed by atoms with Crippen LogP contribution in [0.1, 0.15) is 0 Å². The van der Waals surface area contributed by atoms with Gasteiger partial charge in [0.05, 0.1) is 0 Å². The van der Waals surface area contributed by atoms with Gasteiger partial charge in [-0.1, -0.05) is 3.89 Å². The van der Waals surface area contributed by atoms with Gasteiger partial charge < -0.3 is 4.90 Å². The quantitative estimate of drug-likeness (QED) is 0.751. The monoisotopic (exact) mass is 262 g/mol. The summed E-state index contributed by atoms with van der Waals surface area (Å²) in [6, 6.07) is 5.92. The van der Waals surface area contributed by atoms with Crippen molar-refractivity contribution >= 4 is 16.1 Å². The molecule has 7 heteroatoms. The van der Waals surface area contributed by atoms with Crippen LogP contribution in [0.2, 0.25) is 0 Å². The van der Waals surface area contributed by atoms with Crippen molar-refractivity contribution in [3.63, 3.8) is 0 Å². The Bertz CT molecular complexity index is 482. The average molecular weight is 262 g/mol. The summed E-state index contributed by atoms with van der Waals surface area (Å²) in [5.74, 6) is -0.321. The first kappa shape index (κ1) is 12.3. The van der Waals surface area contributed by atoms with Crippen molar-refractivity contribution in [1.29, 1.82) is 0 Å². The molecule has 1 saturated heterocycles. The van der Waals surface area contributed by atoms with E-state index in [0.717, 1.165) is 9.99 Å². The minimum absolute atomic E-state index is 0.107. The molecule has 0 atom stereocenters. The van der Waals surface area contributed by atoms with Gasteiger partial charge in [0.25, 0.3) is 0 Å². The van der Waals surface area contributed by atoms with Gasteiger partial charge in [-0.25, -0.2) is 4.39 Å². The predicted octanol–water partition coefficient (Wildman–Crippen LogP) is 1.16. The molecule has 0 amide bonds. The van der Waals surface area contributed by atoms with Crippen LogP contribution in [0.25, 0.3) is 0 Å². The highest BCUT2D eigenvalue weighted by molar-refractivity contribution is 7.83. The minimum Gasteiger partial charge on any atom is -0.369 e. The first-order valence-corrected chi connectivity index (χ1v) is 6.51. The molecular formula is C10H12F2N2O2S. The molecule has 0 saturated carbocycles. The fraction of sp³-hybridized carbons (Fsp3) is 0.400. The molecule has 94 valence electrons. The smallest absolute Gasteiger partial charge is 0.369 e. The van der Waals surface area contributed by atoms with Gasteiger partial charge in [0.1, 0.15) is 5.82 Å². The third kappa shape index (κ3) is 2.92. The van der Waals surface area contributed by atoms with Gasteiger partial charge in [0.2, 0.25) is 0 Å². The Balaban J connectivity index is 2.02. The number of nitrogens with zero attached hydrogens (tertiary/aromatic N) is 2. The van der Waals surface area contributed by atoms with E-state index in [2.05, 4.69) is 0 Å². The number of halogens is 2. The molecule has 1 heterocycles. The molecule has 1 fully saturated rings. The van der Waals surface area contributed by atoms with Crippen LogP contribution in [0.5, 0.6) is 0 Å². The molecule has 1 aliphatic heterocycles. The molecule has 4 nitrogen and oxygen atoms in total. The number of hydrogen-bond donors (Lipinski definition) is 0. The fourth-order valence-electron chi connectivity index (χ4n) is 1.82. The summed E-state index contributed by atoms with van der Waals surface area (Å²) in [5.41, 5.74) is 0.808. The van der Waals surface area contributed by atoms with Crippen LogP contribution in [0.15, 0.2) is 24.3 Å². The lowest BCUT2D eigenvalue weighted by atomic mass is 10.2. The Kier molecular flexibility index (Phi) is 3.30. The summed E-state index contributed by atoms with van der Waals surface area (Å²) < 4.78 is 47.5. The Morgan fingerprint density at radius 1 is 1.00 bits per heavy atom. The summed E-state index contributed by atoms with van der Waals surface area (Å²) in [6.07, 6.45) is 0. The second-order valence-corrected chi connectivity index (χ2v) is 5.15. The van der Waals surface area contributed by atoms with Crippen molar-refractivity contribution in [2.45, 2.75) is 0 Å². The van der Waals surface area contributed by atoms with E-state index in [9.17, 15) is 16.7 Å². The summed E-state index contributed by atoms with van der Waals surface area (Å²) in [5, 5.41) is 0. The number of hydrogen-bond acceptors (Lipinski definition) is 3. The summed E-state index contributed by atoms with van der Waals surface area (Å²) >= 11 is 0. The van der Waals surface area contributed by atoms with Gasteiger partial charge in [-0.2, -0.15) is 12.7 Å². The van der Waals surface area contributed by atoms with Gasteiger partial charge in [0, 0.05) is 31.9 Å². The van der Waals surface area contributed by atoms with Crippen LogP contribution >= 0.6 is 0 Å². The Labute approximate surface area is 98.8 Å². The number of piperazine rings is 1. The Hall–Kier alpha value is -1.21. The van der Waals surface area contributed by atoms with E-state index in [1.807, 2.05) is 4.90 Å². The largest absolute Gasteiger partial charge is 0.374 e. The van der Waals surface area contributed by atoms with Crippen molar-refractivity contribution in [3.8, 4) is 0 Å². The lowest BCUT2D eigenvalue weighted by Gasteiger charge is -2.33. The first-order valence-electron chi connectivity index (χ1n) is 5.17. The van der Waals surface area contributed by atoms with E-state index in [1.54, 1.807) is 12.1 Å². The molecule has 0 aromatic heterocycles.